The average Bonchev–Trinajstić information content (AvgIpc) is 3.01. The van der Waals surface area contributed by atoms with Crippen molar-refractivity contribution in [1.29, 1.82) is 0 Å². The van der Waals surface area contributed by atoms with Gasteiger partial charge in [-0.3, -0.25) is 0 Å². The summed E-state index contributed by atoms with van der Waals surface area (Å²) in [7, 11) is 4.03. The summed E-state index contributed by atoms with van der Waals surface area (Å²) in [5.41, 5.74) is 1.16. The lowest BCUT2D eigenvalue weighted by Crippen LogP contribution is -2.30. The summed E-state index contributed by atoms with van der Waals surface area (Å²) in [5.74, 6) is 4.64. The van der Waals surface area contributed by atoms with Gasteiger partial charge < -0.3 is 10.2 Å². The molecule has 2 saturated carbocycles. The second-order valence-corrected chi connectivity index (χ2v) is 6.27. The predicted octanol–water partition coefficient (Wildman–Crippen LogP) is 2.70. The number of aromatic nitrogens is 2. The van der Waals surface area contributed by atoms with Crippen molar-refractivity contribution in [2.75, 3.05) is 30.9 Å². The zero-order valence-electron chi connectivity index (χ0n) is 12.2. The van der Waals surface area contributed by atoms with Gasteiger partial charge in [0.25, 0.3) is 0 Å². The van der Waals surface area contributed by atoms with Crippen molar-refractivity contribution in [3.05, 3.63) is 11.8 Å². The van der Waals surface area contributed by atoms with E-state index in [-0.39, 0.29) is 0 Å². The van der Waals surface area contributed by atoms with Crippen LogP contribution in [-0.2, 0) is 0 Å². The molecule has 19 heavy (non-hydrogen) atoms. The number of nitrogens with one attached hydrogen (secondary N) is 1. The van der Waals surface area contributed by atoms with E-state index in [1.807, 2.05) is 13.2 Å². The maximum absolute atomic E-state index is 4.60. The normalized spacial score (nSPS) is 28.7. The van der Waals surface area contributed by atoms with Crippen LogP contribution in [-0.4, -0.2) is 30.6 Å². The first kappa shape index (κ1) is 12.7. The van der Waals surface area contributed by atoms with Crippen LogP contribution in [0.3, 0.4) is 0 Å². The first-order valence-electron chi connectivity index (χ1n) is 7.40. The number of aryl methyl sites for hydroxylation is 1. The second-order valence-electron chi connectivity index (χ2n) is 6.27. The Hall–Kier alpha value is -1.32. The Morgan fingerprint density at radius 2 is 2.21 bits per heavy atom. The minimum absolute atomic E-state index is 0.709. The van der Waals surface area contributed by atoms with Crippen LogP contribution in [0.5, 0.6) is 0 Å². The fourth-order valence-electron chi connectivity index (χ4n) is 3.98. The van der Waals surface area contributed by atoms with Crippen molar-refractivity contribution >= 4 is 11.8 Å². The molecule has 2 fully saturated rings. The summed E-state index contributed by atoms with van der Waals surface area (Å²) in [4.78, 5) is 11.2. The van der Waals surface area contributed by atoms with E-state index in [2.05, 4.69) is 34.2 Å². The van der Waals surface area contributed by atoms with Gasteiger partial charge in [0.05, 0.1) is 0 Å². The maximum atomic E-state index is 4.60. The Morgan fingerprint density at radius 3 is 2.84 bits per heavy atom. The molecule has 1 aromatic rings. The first-order valence-corrected chi connectivity index (χ1v) is 7.40. The summed E-state index contributed by atoms with van der Waals surface area (Å²) >= 11 is 0. The lowest BCUT2D eigenvalue weighted by atomic mass is 9.88. The van der Waals surface area contributed by atoms with Gasteiger partial charge in [-0.25, -0.2) is 4.98 Å². The molecule has 1 N–H and O–H groups in total. The summed E-state index contributed by atoms with van der Waals surface area (Å²) in [6.07, 6.45) is 7.74. The molecule has 4 heteroatoms. The summed E-state index contributed by atoms with van der Waals surface area (Å²) in [5, 5.41) is 3.02. The second kappa shape index (κ2) is 4.99. The molecule has 3 unspecified atom stereocenters. The number of hydrogen-bond donors (Lipinski definition) is 1. The highest BCUT2D eigenvalue weighted by molar-refractivity contribution is 5.48. The number of fused-ring (bicyclic) bond motifs is 2. The Bertz CT molecular complexity index is 459. The van der Waals surface area contributed by atoms with Gasteiger partial charge in [-0.05, 0) is 43.9 Å². The van der Waals surface area contributed by atoms with Gasteiger partial charge in [-0.2, -0.15) is 4.98 Å². The van der Waals surface area contributed by atoms with Crippen molar-refractivity contribution in [2.24, 2.45) is 17.8 Å². The average molecular weight is 260 g/mol. The summed E-state index contributed by atoms with van der Waals surface area (Å²) in [6, 6.07) is 0. The van der Waals surface area contributed by atoms with Gasteiger partial charge in [0.1, 0.15) is 5.82 Å². The van der Waals surface area contributed by atoms with Gasteiger partial charge in [0.2, 0.25) is 5.95 Å². The third kappa shape index (κ3) is 2.40. The van der Waals surface area contributed by atoms with Gasteiger partial charge in [0.15, 0.2) is 0 Å². The molecule has 0 saturated heterocycles. The van der Waals surface area contributed by atoms with Crippen molar-refractivity contribution in [2.45, 2.75) is 32.6 Å². The number of hydrogen-bond acceptors (Lipinski definition) is 4. The quantitative estimate of drug-likeness (QED) is 0.903. The van der Waals surface area contributed by atoms with E-state index in [9.17, 15) is 0 Å². The molecule has 104 valence electrons. The predicted molar refractivity (Wildman–Crippen MR) is 78.5 cm³/mol. The van der Waals surface area contributed by atoms with E-state index in [0.717, 1.165) is 35.7 Å². The van der Waals surface area contributed by atoms with Crippen LogP contribution in [0.15, 0.2) is 6.20 Å². The Balaban J connectivity index is 1.71. The molecule has 2 aliphatic rings. The number of rotatable bonds is 4. The summed E-state index contributed by atoms with van der Waals surface area (Å²) < 4.78 is 0. The Kier molecular flexibility index (Phi) is 3.33. The highest BCUT2D eigenvalue weighted by Gasteiger charge is 2.39. The van der Waals surface area contributed by atoms with Gasteiger partial charge in [0, 0.05) is 32.4 Å². The van der Waals surface area contributed by atoms with Crippen LogP contribution in [0.2, 0.25) is 0 Å². The molecule has 1 aromatic heterocycles. The molecule has 3 atom stereocenters. The Morgan fingerprint density at radius 1 is 1.37 bits per heavy atom. The SMILES string of the molecule is CNc1ncc(C)c(N(C)CC2CC3CCC2C3)n1. The fourth-order valence-corrected chi connectivity index (χ4v) is 3.98. The van der Waals surface area contributed by atoms with Crippen molar-refractivity contribution in [1.82, 2.24) is 9.97 Å². The molecule has 4 nitrogen and oxygen atoms in total. The van der Waals surface area contributed by atoms with Gasteiger partial charge >= 0.3 is 0 Å². The fraction of sp³-hybridized carbons (Fsp3) is 0.733. The zero-order valence-corrected chi connectivity index (χ0v) is 12.2. The topological polar surface area (TPSA) is 41.1 Å². The van der Waals surface area contributed by atoms with Crippen molar-refractivity contribution in [3.8, 4) is 0 Å². The maximum Gasteiger partial charge on any atom is 0.224 e. The highest BCUT2D eigenvalue weighted by Crippen LogP contribution is 2.48. The number of nitrogens with zero attached hydrogens (tertiary/aromatic N) is 3. The smallest absolute Gasteiger partial charge is 0.224 e. The zero-order chi connectivity index (χ0) is 13.4. The monoisotopic (exact) mass is 260 g/mol. The first-order chi connectivity index (χ1) is 9.17. The molecule has 3 rings (SSSR count). The molecule has 0 aromatic carbocycles. The molecular formula is C15H24N4. The van der Waals surface area contributed by atoms with Crippen LogP contribution in [0.4, 0.5) is 11.8 Å². The van der Waals surface area contributed by atoms with E-state index in [1.54, 1.807) is 0 Å². The lowest BCUT2D eigenvalue weighted by molar-refractivity contribution is 0.337. The van der Waals surface area contributed by atoms with E-state index in [1.165, 1.54) is 25.7 Å². The molecule has 0 amide bonds. The highest BCUT2D eigenvalue weighted by atomic mass is 15.2. The third-order valence-corrected chi connectivity index (χ3v) is 4.92. The molecule has 0 aliphatic heterocycles. The molecular weight excluding hydrogens is 236 g/mol. The molecule has 2 bridgehead atoms. The van der Waals surface area contributed by atoms with Crippen molar-refractivity contribution in [3.63, 3.8) is 0 Å². The standard InChI is InChI=1S/C15H24N4/c1-10-8-17-15(16-2)18-14(10)19(3)9-13-7-11-4-5-12(13)6-11/h8,11-13H,4-7,9H2,1-3H3,(H,16,17,18). The molecule has 0 spiro atoms. The third-order valence-electron chi connectivity index (χ3n) is 4.92. The number of anilines is 2. The van der Waals surface area contributed by atoms with Gasteiger partial charge in [-0.1, -0.05) is 6.42 Å². The van der Waals surface area contributed by atoms with Crippen LogP contribution in [0.1, 0.15) is 31.2 Å². The van der Waals surface area contributed by atoms with Crippen LogP contribution >= 0.6 is 0 Å². The van der Waals surface area contributed by atoms with E-state index in [0.29, 0.717) is 5.95 Å². The Labute approximate surface area is 115 Å². The van der Waals surface area contributed by atoms with E-state index in [4.69, 9.17) is 0 Å². The van der Waals surface area contributed by atoms with E-state index >= 15 is 0 Å². The lowest BCUT2D eigenvalue weighted by Gasteiger charge is -2.28. The molecule has 0 radical (unpaired) electrons. The van der Waals surface area contributed by atoms with Crippen molar-refractivity contribution < 1.29 is 0 Å². The molecule has 2 aliphatic carbocycles. The molecule has 1 heterocycles. The minimum Gasteiger partial charge on any atom is -0.359 e. The largest absolute Gasteiger partial charge is 0.359 e. The van der Waals surface area contributed by atoms with Crippen LogP contribution < -0.4 is 10.2 Å². The summed E-state index contributed by atoms with van der Waals surface area (Å²) in [6.45, 7) is 3.23. The van der Waals surface area contributed by atoms with Crippen LogP contribution in [0, 0.1) is 24.7 Å². The van der Waals surface area contributed by atoms with Crippen LogP contribution in [0.25, 0.3) is 0 Å². The van der Waals surface area contributed by atoms with E-state index < -0.39 is 0 Å². The van der Waals surface area contributed by atoms with Gasteiger partial charge in [-0.15, -0.1) is 0 Å². The minimum atomic E-state index is 0.709.